The molecule has 3 aliphatic rings. The molecule has 29 heavy (non-hydrogen) atoms. The Bertz CT molecular complexity index is 825. The van der Waals surface area contributed by atoms with Gasteiger partial charge in [0.25, 0.3) is 5.09 Å². The molecule has 0 spiro atoms. The summed E-state index contributed by atoms with van der Waals surface area (Å²) in [5.74, 6) is 1.36. The number of benzene rings is 1. The summed E-state index contributed by atoms with van der Waals surface area (Å²) >= 11 is 0. The SMILES string of the molecule is COc1cc2c(cc1OC(=O)CO[N+](=O)[O-])CC[C@@H]1C2CC[C@]2(C)[C@@H](O)CC[C@@H]12. The lowest BCUT2D eigenvalue weighted by Crippen LogP contribution is -2.43. The van der Waals surface area contributed by atoms with E-state index in [0.717, 1.165) is 44.1 Å². The largest absolute Gasteiger partial charge is 0.493 e. The van der Waals surface area contributed by atoms with Gasteiger partial charge in [-0.05, 0) is 85.0 Å². The number of hydrogen-bond donors (Lipinski definition) is 1. The van der Waals surface area contributed by atoms with Gasteiger partial charge in [0.2, 0.25) is 0 Å². The van der Waals surface area contributed by atoms with Crippen molar-refractivity contribution in [3.05, 3.63) is 33.4 Å². The first-order chi connectivity index (χ1) is 13.8. The fraction of sp³-hybridized carbons (Fsp3) is 0.667. The number of aliphatic hydroxyl groups is 1. The maximum Gasteiger partial charge on any atom is 0.337 e. The van der Waals surface area contributed by atoms with E-state index in [1.807, 2.05) is 12.1 Å². The van der Waals surface area contributed by atoms with E-state index in [-0.39, 0.29) is 17.3 Å². The molecule has 8 nitrogen and oxygen atoms in total. The predicted molar refractivity (Wildman–Crippen MR) is 102 cm³/mol. The molecule has 5 atom stereocenters. The van der Waals surface area contributed by atoms with Gasteiger partial charge in [-0.1, -0.05) is 6.92 Å². The van der Waals surface area contributed by atoms with Crippen molar-refractivity contribution in [1.29, 1.82) is 0 Å². The summed E-state index contributed by atoms with van der Waals surface area (Å²) in [5, 5.41) is 19.8. The molecule has 158 valence electrons. The molecule has 0 bridgehead atoms. The topological polar surface area (TPSA) is 108 Å². The second-order valence-electron chi connectivity index (χ2n) is 8.73. The number of carbonyl (C=O) groups excluding carboxylic acids is 1. The van der Waals surface area contributed by atoms with Gasteiger partial charge in [-0.25, -0.2) is 4.79 Å². The van der Waals surface area contributed by atoms with Gasteiger partial charge in [0.15, 0.2) is 18.1 Å². The minimum Gasteiger partial charge on any atom is -0.493 e. The molecule has 2 fully saturated rings. The fourth-order valence-corrected chi connectivity index (χ4v) is 6.05. The highest BCUT2D eigenvalue weighted by Crippen LogP contribution is 2.61. The van der Waals surface area contributed by atoms with Gasteiger partial charge in [0.1, 0.15) is 0 Å². The molecule has 0 heterocycles. The van der Waals surface area contributed by atoms with Crippen LogP contribution in [0.4, 0.5) is 0 Å². The van der Waals surface area contributed by atoms with E-state index >= 15 is 0 Å². The third kappa shape index (κ3) is 3.43. The molecular formula is C21H27NO7. The van der Waals surface area contributed by atoms with Gasteiger partial charge < -0.3 is 19.4 Å². The lowest BCUT2D eigenvalue weighted by atomic mass is 9.55. The zero-order valence-electron chi connectivity index (χ0n) is 16.8. The molecule has 1 aromatic rings. The van der Waals surface area contributed by atoms with E-state index in [4.69, 9.17) is 9.47 Å². The zero-order chi connectivity index (χ0) is 20.8. The summed E-state index contributed by atoms with van der Waals surface area (Å²) in [6, 6.07) is 3.78. The summed E-state index contributed by atoms with van der Waals surface area (Å²) in [6.45, 7) is 1.48. The van der Waals surface area contributed by atoms with Crippen LogP contribution in [0.15, 0.2) is 12.1 Å². The van der Waals surface area contributed by atoms with E-state index < -0.39 is 17.7 Å². The van der Waals surface area contributed by atoms with Crippen LogP contribution >= 0.6 is 0 Å². The molecule has 4 rings (SSSR count). The Hall–Kier alpha value is -2.35. The Morgan fingerprint density at radius 2 is 2.07 bits per heavy atom. The summed E-state index contributed by atoms with van der Waals surface area (Å²) in [6.07, 6.45) is 5.73. The van der Waals surface area contributed by atoms with E-state index in [2.05, 4.69) is 11.8 Å². The molecule has 1 aromatic carbocycles. The second kappa shape index (κ2) is 7.48. The van der Waals surface area contributed by atoms with Crippen LogP contribution in [0.5, 0.6) is 11.5 Å². The number of nitrogens with zero attached hydrogens (tertiary/aromatic N) is 1. The minimum atomic E-state index is -1.03. The smallest absolute Gasteiger partial charge is 0.337 e. The van der Waals surface area contributed by atoms with Crippen molar-refractivity contribution in [1.82, 2.24) is 0 Å². The number of ether oxygens (including phenoxy) is 2. The molecule has 2 saturated carbocycles. The molecule has 0 saturated heterocycles. The van der Waals surface area contributed by atoms with E-state index in [9.17, 15) is 20.0 Å². The van der Waals surface area contributed by atoms with Crippen LogP contribution in [-0.4, -0.2) is 36.0 Å². The highest BCUT2D eigenvalue weighted by Gasteiger charge is 2.54. The third-order valence-electron chi connectivity index (χ3n) is 7.47. The Kier molecular flexibility index (Phi) is 5.14. The standard InChI is InChI=1S/C21H27NO7/c1-21-8-7-13-14(16(21)5-6-19(21)23)4-3-12-9-18(17(27-2)10-15(12)13)29-20(24)11-28-22(25)26/h9-10,13-14,16,19,23H,3-8,11H2,1-2H3/t13?,14-,16+,19+,21+/m1/s1. The van der Waals surface area contributed by atoms with Crippen LogP contribution in [0.1, 0.15) is 56.1 Å². The van der Waals surface area contributed by atoms with Crippen LogP contribution in [-0.2, 0) is 16.1 Å². The molecule has 0 amide bonds. The molecule has 1 N–H and O–H groups in total. The van der Waals surface area contributed by atoms with Crippen LogP contribution in [0, 0.1) is 27.4 Å². The van der Waals surface area contributed by atoms with Gasteiger partial charge in [0.05, 0.1) is 13.2 Å². The Labute approximate surface area is 169 Å². The lowest BCUT2D eigenvalue weighted by Gasteiger charge is -2.50. The number of hydrogen-bond acceptors (Lipinski definition) is 7. The number of aryl methyl sites for hydroxylation is 1. The quantitative estimate of drug-likeness (QED) is 0.347. The van der Waals surface area contributed by atoms with Gasteiger partial charge in [-0.15, -0.1) is 10.1 Å². The number of fused-ring (bicyclic) bond motifs is 5. The van der Waals surface area contributed by atoms with Crippen LogP contribution < -0.4 is 9.47 Å². The fourth-order valence-electron chi connectivity index (χ4n) is 6.05. The normalized spacial score (nSPS) is 32.5. The van der Waals surface area contributed by atoms with Gasteiger partial charge in [0, 0.05) is 0 Å². The van der Waals surface area contributed by atoms with Crippen molar-refractivity contribution in [2.75, 3.05) is 13.7 Å². The summed E-state index contributed by atoms with van der Waals surface area (Å²) in [5.41, 5.74) is 2.39. The highest BCUT2D eigenvalue weighted by molar-refractivity contribution is 5.74. The van der Waals surface area contributed by atoms with Crippen LogP contribution in [0.25, 0.3) is 0 Å². The average Bonchev–Trinajstić information content (AvgIpc) is 3.00. The van der Waals surface area contributed by atoms with Crippen LogP contribution in [0.2, 0.25) is 0 Å². The number of aliphatic hydroxyl groups excluding tert-OH is 1. The van der Waals surface area contributed by atoms with E-state index in [1.165, 1.54) is 12.7 Å². The Morgan fingerprint density at radius 1 is 1.28 bits per heavy atom. The Morgan fingerprint density at radius 3 is 2.79 bits per heavy atom. The second-order valence-corrected chi connectivity index (χ2v) is 8.73. The minimum absolute atomic E-state index is 0.0231. The Balaban J connectivity index is 1.58. The average molecular weight is 405 g/mol. The van der Waals surface area contributed by atoms with Gasteiger partial charge in [-0.3, -0.25) is 0 Å². The number of methoxy groups -OCH3 is 1. The first-order valence-corrected chi connectivity index (χ1v) is 10.2. The van der Waals surface area contributed by atoms with E-state index in [1.54, 1.807) is 0 Å². The van der Waals surface area contributed by atoms with Crippen LogP contribution in [0.3, 0.4) is 0 Å². The zero-order valence-corrected chi connectivity index (χ0v) is 16.8. The van der Waals surface area contributed by atoms with E-state index in [0.29, 0.717) is 23.5 Å². The number of rotatable bonds is 5. The van der Waals surface area contributed by atoms with Crippen molar-refractivity contribution in [2.45, 2.75) is 57.5 Å². The van der Waals surface area contributed by atoms with Crippen molar-refractivity contribution in [2.24, 2.45) is 17.3 Å². The van der Waals surface area contributed by atoms with Crippen molar-refractivity contribution in [3.63, 3.8) is 0 Å². The number of carbonyl (C=O) groups is 1. The predicted octanol–water partition coefficient (Wildman–Crippen LogP) is 3.03. The monoisotopic (exact) mass is 405 g/mol. The van der Waals surface area contributed by atoms with Gasteiger partial charge >= 0.3 is 5.97 Å². The summed E-state index contributed by atoms with van der Waals surface area (Å²) in [7, 11) is 1.51. The summed E-state index contributed by atoms with van der Waals surface area (Å²) in [4.78, 5) is 26.2. The van der Waals surface area contributed by atoms with Crippen molar-refractivity contribution >= 4 is 5.97 Å². The molecular weight excluding hydrogens is 378 g/mol. The summed E-state index contributed by atoms with van der Waals surface area (Å²) < 4.78 is 10.7. The molecule has 8 heteroatoms. The molecule has 0 aliphatic heterocycles. The maximum absolute atomic E-state index is 11.8. The van der Waals surface area contributed by atoms with Gasteiger partial charge in [-0.2, -0.15) is 0 Å². The van der Waals surface area contributed by atoms with Crippen molar-refractivity contribution in [3.8, 4) is 11.5 Å². The third-order valence-corrected chi connectivity index (χ3v) is 7.47. The first-order valence-electron chi connectivity index (χ1n) is 10.2. The maximum atomic E-state index is 11.8. The molecule has 0 aromatic heterocycles. The number of esters is 1. The molecule has 1 unspecified atom stereocenters. The first kappa shape index (κ1) is 19.9. The lowest BCUT2D eigenvalue weighted by molar-refractivity contribution is -0.754. The van der Waals surface area contributed by atoms with Crippen molar-refractivity contribution < 1.29 is 29.3 Å². The highest BCUT2D eigenvalue weighted by atomic mass is 17.0. The molecule has 3 aliphatic carbocycles. The molecule has 0 radical (unpaired) electrons.